The van der Waals surface area contributed by atoms with Gasteiger partial charge in [-0.05, 0) is 41.0 Å². The lowest BCUT2D eigenvalue weighted by atomic mass is 9.80. The lowest BCUT2D eigenvalue weighted by Gasteiger charge is -2.37. The first-order valence-corrected chi connectivity index (χ1v) is 14.2. The Bertz CT molecular complexity index is 1680. The van der Waals surface area contributed by atoms with Gasteiger partial charge in [0.15, 0.2) is 17.0 Å². The van der Waals surface area contributed by atoms with E-state index in [0.717, 1.165) is 28.2 Å². The number of aliphatic hydroxyl groups excluding tert-OH is 1. The molecule has 226 valence electrons. The van der Waals surface area contributed by atoms with Gasteiger partial charge in [0.25, 0.3) is 0 Å². The Balaban J connectivity index is 1.34. The van der Waals surface area contributed by atoms with Gasteiger partial charge in [0.2, 0.25) is 5.91 Å². The van der Waals surface area contributed by atoms with Crippen molar-refractivity contribution >= 4 is 22.9 Å². The number of hydrogen-bond donors (Lipinski definition) is 2. The first kappa shape index (κ1) is 29.2. The van der Waals surface area contributed by atoms with E-state index in [1.54, 1.807) is 25.1 Å². The van der Waals surface area contributed by atoms with Crippen LogP contribution in [0.15, 0.2) is 91.5 Å². The summed E-state index contributed by atoms with van der Waals surface area (Å²) in [4.78, 5) is 24.5. The highest BCUT2D eigenvalue weighted by molar-refractivity contribution is 5.95. The molecule has 1 aliphatic rings. The van der Waals surface area contributed by atoms with E-state index < -0.39 is 24.0 Å². The summed E-state index contributed by atoms with van der Waals surface area (Å²) < 4.78 is 25.9. The quantitative estimate of drug-likeness (QED) is 0.225. The van der Waals surface area contributed by atoms with Crippen molar-refractivity contribution in [1.29, 1.82) is 0 Å². The van der Waals surface area contributed by atoms with Crippen LogP contribution in [0.25, 0.3) is 11.2 Å². The zero-order chi connectivity index (χ0) is 30.7. The molecule has 0 radical (unpaired) electrons. The van der Waals surface area contributed by atoms with E-state index in [0.29, 0.717) is 23.4 Å². The minimum atomic E-state index is -1.05. The molecule has 0 bridgehead atoms. The van der Waals surface area contributed by atoms with Crippen molar-refractivity contribution in [3.8, 4) is 11.5 Å². The number of nitrogens with zero attached hydrogens (tertiary/aromatic N) is 4. The van der Waals surface area contributed by atoms with Crippen LogP contribution in [0, 0.1) is 0 Å². The number of carbonyl (C=O) groups is 1. The number of benzene rings is 3. The van der Waals surface area contributed by atoms with Crippen LogP contribution in [0.2, 0.25) is 0 Å². The summed E-state index contributed by atoms with van der Waals surface area (Å²) in [7, 11) is 3.26. The van der Waals surface area contributed by atoms with Crippen molar-refractivity contribution in [2.75, 3.05) is 26.1 Å². The molecule has 0 aliphatic carbocycles. The molecule has 3 atom stereocenters. The van der Waals surface area contributed by atoms with Gasteiger partial charge in [0, 0.05) is 13.3 Å². The Labute approximate surface area is 254 Å². The Hall–Kier alpha value is -4.84. The molecule has 1 fully saturated rings. The number of amides is 1. The summed E-state index contributed by atoms with van der Waals surface area (Å²) in [5.74, 6) is 1.49. The van der Waals surface area contributed by atoms with Crippen LogP contribution in [-0.4, -0.2) is 63.6 Å². The summed E-state index contributed by atoms with van der Waals surface area (Å²) in [5, 5.41) is 13.9. The van der Waals surface area contributed by atoms with Crippen LogP contribution < -0.4 is 14.8 Å². The number of fused-ring (bicyclic) bond motifs is 1. The fourth-order valence-electron chi connectivity index (χ4n) is 5.64. The SMILES string of the molecule is COc1ccc(C(OC[C@H]2O[C@@H](n3cnc4c(NC(C)=O)ncnc43)C[C@H]2O)(c2ccccc2)c2ccc(OC)cc2)cc1. The highest BCUT2D eigenvalue weighted by atomic mass is 16.6. The highest BCUT2D eigenvalue weighted by Crippen LogP contribution is 2.43. The first-order chi connectivity index (χ1) is 21.4. The van der Waals surface area contributed by atoms with Crippen molar-refractivity contribution in [2.24, 2.45) is 0 Å². The second-order valence-corrected chi connectivity index (χ2v) is 10.5. The smallest absolute Gasteiger partial charge is 0.222 e. The number of imidazole rings is 1. The molecule has 1 saturated heterocycles. The van der Waals surface area contributed by atoms with Crippen LogP contribution in [-0.2, 0) is 19.9 Å². The second-order valence-electron chi connectivity index (χ2n) is 10.5. The first-order valence-electron chi connectivity index (χ1n) is 14.2. The highest BCUT2D eigenvalue weighted by Gasteiger charge is 2.42. The summed E-state index contributed by atoms with van der Waals surface area (Å²) in [6.45, 7) is 1.47. The Kier molecular flexibility index (Phi) is 8.25. The predicted octanol–water partition coefficient (Wildman–Crippen LogP) is 4.46. The number of anilines is 1. The Morgan fingerprint density at radius 2 is 1.55 bits per heavy atom. The maximum absolute atomic E-state index is 11.6. The van der Waals surface area contributed by atoms with Crippen molar-refractivity contribution < 1.29 is 28.8 Å². The molecule has 0 spiro atoms. The maximum Gasteiger partial charge on any atom is 0.222 e. The second kappa shape index (κ2) is 12.4. The molecular formula is C33H33N5O6. The van der Waals surface area contributed by atoms with Crippen molar-refractivity contribution in [1.82, 2.24) is 19.5 Å². The number of nitrogens with one attached hydrogen (secondary N) is 1. The largest absolute Gasteiger partial charge is 0.497 e. The number of methoxy groups -OCH3 is 2. The molecule has 3 heterocycles. The van der Waals surface area contributed by atoms with Gasteiger partial charge >= 0.3 is 0 Å². The number of aromatic nitrogens is 4. The monoisotopic (exact) mass is 595 g/mol. The third-order valence-corrected chi connectivity index (χ3v) is 7.81. The van der Waals surface area contributed by atoms with Gasteiger partial charge in [-0.25, -0.2) is 15.0 Å². The lowest BCUT2D eigenvalue weighted by molar-refractivity contribution is -0.114. The normalized spacial score (nSPS) is 18.3. The van der Waals surface area contributed by atoms with Crippen LogP contribution in [0.4, 0.5) is 5.82 Å². The zero-order valence-corrected chi connectivity index (χ0v) is 24.6. The van der Waals surface area contributed by atoms with E-state index in [9.17, 15) is 9.90 Å². The number of aliphatic hydroxyl groups is 1. The van der Waals surface area contributed by atoms with Crippen LogP contribution in [0.1, 0.15) is 36.3 Å². The van der Waals surface area contributed by atoms with E-state index in [1.807, 2.05) is 78.9 Å². The molecule has 2 aromatic heterocycles. The van der Waals surface area contributed by atoms with E-state index in [2.05, 4.69) is 20.3 Å². The number of ether oxygens (including phenoxy) is 4. The summed E-state index contributed by atoms with van der Waals surface area (Å²) in [6.07, 6.45) is 1.19. The van der Waals surface area contributed by atoms with E-state index in [4.69, 9.17) is 18.9 Å². The molecule has 5 aromatic rings. The van der Waals surface area contributed by atoms with E-state index in [1.165, 1.54) is 13.3 Å². The average Bonchev–Trinajstić information content (AvgIpc) is 3.66. The Morgan fingerprint density at radius 1 is 0.932 bits per heavy atom. The van der Waals surface area contributed by atoms with E-state index in [-0.39, 0.29) is 12.5 Å². The molecule has 0 saturated carbocycles. The van der Waals surface area contributed by atoms with Crippen molar-refractivity contribution in [2.45, 2.75) is 37.4 Å². The average molecular weight is 596 g/mol. The molecule has 1 amide bonds. The summed E-state index contributed by atoms with van der Waals surface area (Å²) >= 11 is 0. The minimum Gasteiger partial charge on any atom is -0.497 e. The molecule has 11 nitrogen and oxygen atoms in total. The number of carbonyl (C=O) groups excluding carboxylic acids is 1. The van der Waals surface area contributed by atoms with Gasteiger partial charge in [-0.15, -0.1) is 0 Å². The number of rotatable bonds is 10. The van der Waals surface area contributed by atoms with Gasteiger partial charge in [0.1, 0.15) is 35.8 Å². The van der Waals surface area contributed by atoms with Crippen LogP contribution in [0.3, 0.4) is 0 Å². The van der Waals surface area contributed by atoms with Crippen LogP contribution in [0.5, 0.6) is 11.5 Å². The third-order valence-electron chi connectivity index (χ3n) is 7.81. The summed E-state index contributed by atoms with van der Waals surface area (Å²) in [6, 6.07) is 25.5. The molecule has 44 heavy (non-hydrogen) atoms. The van der Waals surface area contributed by atoms with Crippen LogP contribution >= 0.6 is 0 Å². The van der Waals surface area contributed by atoms with Crippen molar-refractivity contribution in [3.63, 3.8) is 0 Å². The predicted molar refractivity (Wildman–Crippen MR) is 162 cm³/mol. The maximum atomic E-state index is 11.6. The van der Waals surface area contributed by atoms with Gasteiger partial charge in [0.05, 0.1) is 33.3 Å². The Morgan fingerprint density at radius 3 is 2.14 bits per heavy atom. The molecule has 0 unspecified atom stereocenters. The zero-order valence-electron chi connectivity index (χ0n) is 24.6. The molecule has 11 heteroatoms. The molecule has 1 aliphatic heterocycles. The van der Waals surface area contributed by atoms with Gasteiger partial charge in [-0.3, -0.25) is 9.36 Å². The standard InChI is InChI=1S/C33H33N5O6/c1-21(39)37-31-30-32(35-19-34-31)38(20-36-30)29-17-27(40)28(44-29)18-43-33(22-7-5-4-6-8-22,23-9-13-25(41-2)14-10-23)24-11-15-26(42-3)16-12-24/h4-16,19-20,27-29,40H,17-18H2,1-3H3,(H,34,35,37,39)/t27-,28-,29-/m1/s1. The number of hydrogen-bond acceptors (Lipinski definition) is 9. The molecular weight excluding hydrogens is 562 g/mol. The molecule has 6 rings (SSSR count). The van der Waals surface area contributed by atoms with Gasteiger partial charge in [-0.1, -0.05) is 54.6 Å². The van der Waals surface area contributed by atoms with Gasteiger partial charge < -0.3 is 29.4 Å². The fraction of sp³-hybridized carbons (Fsp3) is 0.273. The topological polar surface area (TPSA) is 130 Å². The third kappa shape index (κ3) is 5.48. The minimum absolute atomic E-state index is 0.0728. The summed E-state index contributed by atoms with van der Waals surface area (Å²) in [5.41, 5.74) is 2.52. The van der Waals surface area contributed by atoms with Gasteiger partial charge in [-0.2, -0.15) is 0 Å². The fourth-order valence-corrected chi connectivity index (χ4v) is 5.64. The molecule has 2 N–H and O–H groups in total. The lowest BCUT2D eigenvalue weighted by Crippen LogP contribution is -2.38. The van der Waals surface area contributed by atoms with Crippen molar-refractivity contribution in [3.05, 3.63) is 108 Å². The van der Waals surface area contributed by atoms with E-state index >= 15 is 0 Å². The molecule has 3 aromatic carbocycles.